The molecule has 0 unspecified atom stereocenters. The topological polar surface area (TPSA) is 27.0 Å². The van der Waals surface area contributed by atoms with Crippen molar-refractivity contribution in [2.45, 2.75) is 19.3 Å². The maximum absolute atomic E-state index is 8.40. The molecule has 0 amide bonds. The Morgan fingerprint density at radius 2 is 2.10 bits per heavy atom. The van der Waals surface area contributed by atoms with Gasteiger partial charge in [-0.1, -0.05) is 12.8 Å². The highest BCUT2D eigenvalue weighted by Crippen LogP contribution is 2.20. The van der Waals surface area contributed by atoms with Gasteiger partial charge in [-0.25, -0.2) is 0 Å². The summed E-state index contributed by atoms with van der Waals surface area (Å²) in [6.45, 7) is 2.07. The molecule has 3 heteroatoms. The molecule has 0 spiro atoms. The Bertz CT molecular complexity index is 133. The highest BCUT2D eigenvalue weighted by Gasteiger charge is 2.15. The quantitative estimate of drug-likeness (QED) is 0.582. The molecule has 1 aliphatic rings. The average Bonchev–Trinajstić information content (AvgIpc) is 1.95. The zero-order valence-electron chi connectivity index (χ0n) is 5.95. The Morgan fingerprint density at radius 1 is 1.50 bits per heavy atom. The normalized spacial score (nSPS) is 22.4. The van der Waals surface area contributed by atoms with Gasteiger partial charge in [0.25, 0.3) is 0 Å². The van der Waals surface area contributed by atoms with E-state index in [1.165, 1.54) is 0 Å². The van der Waals surface area contributed by atoms with Crippen molar-refractivity contribution in [1.29, 1.82) is 5.26 Å². The van der Waals surface area contributed by atoms with Gasteiger partial charge in [0.2, 0.25) is 0 Å². The molecule has 1 rings (SSSR count). The minimum atomic E-state index is 0.633. The van der Waals surface area contributed by atoms with E-state index in [0.29, 0.717) is 5.92 Å². The van der Waals surface area contributed by atoms with Crippen molar-refractivity contribution in [1.82, 2.24) is 4.31 Å². The van der Waals surface area contributed by atoms with E-state index in [-0.39, 0.29) is 0 Å². The van der Waals surface area contributed by atoms with Crippen LogP contribution in [0.4, 0.5) is 0 Å². The summed E-state index contributed by atoms with van der Waals surface area (Å²) in [5.41, 5.74) is 0. The first kappa shape index (κ1) is 7.90. The van der Waals surface area contributed by atoms with Crippen molar-refractivity contribution in [2.75, 3.05) is 13.1 Å². The molecule has 0 N–H and O–H groups in total. The summed E-state index contributed by atoms with van der Waals surface area (Å²) in [5.74, 6) is 0.633. The molecular formula is C7H12N2S. The Balaban J connectivity index is 2.21. The lowest BCUT2D eigenvalue weighted by Gasteiger charge is -2.26. The van der Waals surface area contributed by atoms with Crippen molar-refractivity contribution in [3.63, 3.8) is 0 Å². The number of rotatable bonds is 1. The number of thiol groups is 1. The van der Waals surface area contributed by atoms with Crippen LogP contribution in [-0.2, 0) is 0 Å². The zero-order chi connectivity index (χ0) is 7.40. The molecule has 0 radical (unpaired) electrons. The second-order valence-electron chi connectivity index (χ2n) is 2.76. The van der Waals surface area contributed by atoms with Gasteiger partial charge in [-0.15, -0.1) is 0 Å². The second kappa shape index (κ2) is 3.85. The minimum Gasteiger partial charge on any atom is -0.253 e. The first-order chi connectivity index (χ1) is 4.83. The maximum Gasteiger partial charge on any atom is 0.0624 e. The number of hydrogen-bond donors (Lipinski definition) is 1. The summed E-state index contributed by atoms with van der Waals surface area (Å²) in [7, 11) is 0. The number of piperidine rings is 1. The number of nitrogens with zero attached hydrogens (tertiary/aromatic N) is 2. The lowest BCUT2D eigenvalue weighted by atomic mass is 9.95. The third-order valence-corrected chi connectivity index (χ3v) is 2.37. The molecular weight excluding hydrogens is 144 g/mol. The molecule has 1 aliphatic heterocycles. The van der Waals surface area contributed by atoms with E-state index < -0.39 is 0 Å². The number of nitriles is 1. The van der Waals surface area contributed by atoms with Crippen molar-refractivity contribution in [2.24, 2.45) is 5.92 Å². The van der Waals surface area contributed by atoms with Crippen LogP contribution in [0, 0.1) is 17.2 Å². The largest absolute Gasteiger partial charge is 0.253 e. The van der Waals surface area contributed by atoms with Gasteiger partial charge >= 0.3 is 0 Å². The van der Waals surface area contributed by atoms with Crippen LogP contribution >= 0.6 is 12.8 Å². The zero-order valence-corrected chi connectivity index (χ0v) is 6.85. The fraction of sp³-hybridized carbons (Fsp3) is 0.857. The third kappa shape index (κ3) is 2.20. The highest BCUT2D eigenvalue weighted by molar-refractivity contribution is 7.77. The Morgan fingerprint density at radius 3 is 2.60 bits per heavy atom. The minimum absolute atomic E-state index is 0.633. The van der Waals surface area contributed by atoms with Crippen molar-refractivity contribution >= 4 is 12.8 Å². The molecule has 1 saturated heterocycles. The van der Waals surface area contributed by atoms with Gasteiger partial charge in [-0.05, 0) is 18.8 Å². The monoisotopic (exact) mass is 156 g/mol. The van der Waals surface area contributed by atoms with E-state index in [9.17, 15) is 0 Å². The van der Waals surface area contributed by atoms with Crippen LogP contribution in [0.25, 0.3) is 0 Å². The van der Waals surface area contributed by atoms with Crippen molar-refractivity contribution < 1.29 is 0 Å². The summed E-state index contributed by atoms with van der Waals surface area (Å²) in [4.78, 5) is 0. The van der Waals surface area contributed by atoms with Crippen LogP contribution < -0.4 is 0 Å². The van der Waals surface area contributed by atoms with Gasteiger partial charge in [-0.2, -0.15) is 5.26 Å². The van der Waals surface area contributed by atoms with Gasteiger partial charge in [0.1, 0.15) is 0 Å². The molecule has 0 aromatic heterocycles. The molecule has 0 aromatic rings. The molecule has 0 bridgehead atoms. The van der Waals surface area contributed by atoms with Crippen LogP contribution in [0.15, 0.2) is 0 Å². The average molecular weight is 156 g/mol. The van der Waals surface area contributed by atoms with Crippen LogP contribution in [-0.4, -0.2) is 17.4 Å². The van der Waals surface area contributed by atoms with E-state index in [2.05, 4.69) is 18.9 Å². The molecule has 2 nitrogen and oxygen atoms in total. The first-order valence-electron chi connectivity index (χ1n) is 3.63. The fourth-order valence-corrected chi connectivity index (χ4v) is 1.48. The van der Waals surface area contributed by atoms with Crippen LogP contribution in [0.2, 0.25) is 0 Å². The molecule has 1 fully saturated rings. The van der Waals surface area contributed by atoms with E-state index in [0.717, 1.165) is 32.4 Å². The first-order valence-corrected chi connectivity index (χ1v) is 4.03. The summed E-state index contributed by atoms with van der Waals surface area (Å²) in [6, 6.07) is 2.21. The summed E-state index contributed by atoms with van der Waals surface area (Å²) >= 11 is 4.22. The maximum atomic E-state index is 8.40. The van der Waals surface area contributed by atoms with Crippen molar-refractivity contribution in [3.8, 4) is 6.07 Å². The predicted octanol–water partition coefficient (Wildman–Crippen LogP) is 1.46. The standard InChI is InChI=1S/C7H12N2S/c8-4-1-7-2-5-9(10)6-3-7/h7,10H,1-3,5-6H2. The second-order valence-corrected chi connectivity index (χ2v) is 3.32. The van der Waals surface area contributed by atoms with Gasteiger partial charge in [-0.3, -0.25) is 4.31 Å². The van der Waals surface area contributed by atoms with Crippen LogP contribution in [0.1, 0.15) is 19.3 Å². The molecule has 0 atom stereocenters. The Kier molecular flexibility index (Phi) is 3.04. The van der Waals surface area contributed by atoms with Gasteiger partial charge in [0, 0.05) is 19.5 Å². The molecule has 10 heavy (non-hydrogen) atoms. The van der Waals surface area contributed by atoms with Gasteiger partial charge < -0.3 is 0 Å². The molecule has 0 saturated carbocycles. The Labute approximate surface area is 67.4 Å². The summed E-state index contributed by atoms with van der Waals surface area (Å²) < 4.78 is 2.02. The highest BCUT2D eigenvalue weighted by atomic mass is 32.1. The van der Waals surface area contributed by atoms with E-state index >= 15 is 0 Å². The predicted molar refractivity (Wildman–Crippen MR) is 43.5 cm³/mol. The number of hydrogen-bond acceptors (Lipinski definition) is 3. The smallest absolute Gasteiger partial charge is 0.0624 e. The van der Waals surface area contributed by atoms with Gasteiger partial charge in [0.05, 0.1) is 6.07 Å². The molecule has 0 aromatic carbocycles. The summed E-state index contributed by atoms with van der Waals surface area (Å²) in [5, 5.41) is 8.40. The lowest BCUT2D eigenvalue weighted by Crippen LogP contribution is -2.26. The molecule has 56 valence electrons. The van der Waals surface area contributed by atoms with E-state index in [4.69, 9.17) is 5.26 Å². The van der Waals surface area contributed by atoms with Gasteiger partial charge in [0.15, 0.2) is 0 Å². The third-order valence-electron chi connectivity index (χ3n) is 1.97. The Hall–Kier alpha value is -0.200. The molecule has 1 heterocycles. The molecule has 0 aliphatic carbocycles. The lowest BCUT2D eigenvalue weighted by molar-refractivity contribution is 0.297. The van der Waals surface area contributed by atoms with Crippen LogP contribution in [0.3, 0.4) is 0 Å². The van der Waals surface area contributed by atoms with Crippen LogP contribution in [0.5, 0.6) is 0 Å². The van der Waals surface area contributed by atoms with E-state index in [1.807, 2.05) is 4.31 Å². The van der Waals surface area contributed by atoms with Crippen molar-refractivity contribution in [3.05, 3.63) is 0 Å². The van der Waals surface area contributed by atoms with E-state index in [1.54, 1.807) is 0 Å². The SMILES string of the molecule is N#CCC1CCN(S)CC1. The fourth-order valence-electron chi connectivity index (χ4n) is 1.25. The summed E-state index contributed by atoms with van der Waals surface area (Å²) in [6.07, 6.45) is 3.00.